The van der Waals surface area contributed by atoms with Crippen LogP contribution in [-0.2, 0) is 22.7 Å². The highest BCUT2D eigenvalue weighted by Crippen LogP contribution is 2.17. The first-order valence-corrected chi connectivity index (χ1v) is 11.9. The molecule has 5 rings (SSSR count). The van der Waals surface area contributed by atoms with Crippen LogP contribution in [0.3, 0.4) is 0 Å². The van der Waals surface area contributed by atoms with Crippen molar-refractivity contribution in [1.82, 2.24) is 24.6 Å². The molecule has 1 aliphatic heterocycles. The van der Waals surface area contributed by atoms with Crippen LogP contribution in [0.25, 0.3) is 5.69 Å². The van der Waals surface area contributed by atoms with Crippen molar-refractivity contribution in [2.75, 3.05) is 19.6 Å². The van der Waals surface area contributed by atoms with Crippen LogP contribution < -0.4 is 0 Å². The molecule has 8 nitrogen and oxygen atoms in total. The molecule has 1 fully saturated rings. The smallest absolute Gasteiger partial charge is 0.254 e. The molecule has 0 spiro atoms. The lowest BCUT2D eigenvalue weighted by molar-refractivity contribution is -0.132. The van der Waals surface area contributed by atoms with Crippen molar-refractivity contribution < 1.29 is 14.3 Å². The fourth-order valence-electron chi connectivity index (χ4n) is 4.25. The minimum atomic E-state index is -0.333. The molecule has 8 heteroatoms. The average Bonchev–Trinajstić information content (AvgIpc) is 3.42. The number of hydrogen-bond donors (Lipinski definition) is 0. The van der Waals surface area contributed by atoms with Gasteiger partial charge in [0.1, 0.15) is 6.54 Å². The molecule has 2 aromatic heterocycles. The summed E-state index contributed by atoms with van der Waals surface area (Å²) in [6, 6.07) is 22.7. The summed E-state index contributed by atoms with van der Waals surface area (Å²) in [5.41, 5.74) is 3.34. The zero-order valence-electron chi connectivity index (χ0n) is 19.8. The number of carbonyl (C=O) groups is 2. The third kappa shape index (κ3) is 5.67. The third-order valence-corrected chi connectivity index (χ3v) is 6.12. The molecule has 36 heavy (non-hydrogen) atoms. The molecule has 3 heterocycles. The molecule has 0 aliphatic carbocycles. The maximum atomic E-state index is 13.4. The van der Waals surface area contributed by atoms with Crippen molar-refractivity contribution in [2.45, 2.75) is 19.3 Å². The lowest BCUT2D eigenvalue weighted by Crippen LogP contribution is -2.39. The second kappa shape index (κ2) is 11.0. The van der Waals surface area contributed by atoms with Gasteiger partial charge in [-0.15, -0.1) is 0 Å². The molecule has 0 N–H and O–H groups in total. The van der Waals surface area contributed by atoms with Gasteiger partial charge in [0.25, 0.3) is 5.91 Å². The van der Waals surface area contributed by atoms with Crippen LogP contribution in [0.15, 0.2) is 97.6 Å². The van der Waals surface area contributed by atoms with Gasteiger partial charge in [0, 0.05) is 50.0 Å². The Hall–Kier alpha value is -4.30. The van der Waals surface area contributed by atoms with Crippen LogP contribution in [0.1, 0.15) is 21.5 Å². The van der Waals surface area contributed by atoms with E-state index in [1.165, 1.54) is 0 Å². The Morgan fingerprint density at radius 3 is 2.44 bits per heavy atom. The topological polar surface area (TPSA) is 80.6 Å². The Kier molecular flexibility index (Phi) is 7.14. The average molecular weight is 482 g/mol. The highest BCUT2D eigenvalue weighted by Gasteiger charge is 2.31. The van der Waals surface area contributed by atoms with Gasteiger partial charge in [-0.25, -0.2) is 4.68 Å². The van der Waals surface area contributed by atoms with Crippen molar-refractivity contribution >= 4 is 11.8 Å². The predicted octanol–water partition coefficient (Wildman–Crippen LogP) is 3.34. The van der Waals surface area contributed by atoms with Gasteiger partial charge in [0.2, 0.25) is 5.91 Å². The van der Waals surface area contributed by atoms with Crippen LogP contribution in [0.2, 0.25) is 0 Å². The Labute approximate surface area is 209 Å². The van der Waals surface area contributed by atoms with Crippen LogP contribution in [0, 0.1) is 0 Å². The SMILES string of the molecule is O=C1CN(C(=O)c2ccc(-n3cccn3)cc2)C[C@H](OCc2ccccc2)CN1Cc1cccnc1. The van der Waals surface area contributed by atoms with Gasteiger partial charge in [-0.05, 0) is 47.5 Å². The third-order valence-electron chi connectivity index (χ3n) is 6.12. The molecule has 0 unspecified atom stereocenters. The molecule has 1 aliphatic rings. The van der Waals surface area contributed by atoms with Crippen molar-refractivity contribution in [2.24, 2.45) is 0 Å². The maximum Gasteiger partial charge on any atom is 0.254 e. The summed E-state index contributed by atoms with van der Waals surface area (Å²) < 4.78 is 7.96. The predicted molar refractivity (Wildman–Crippen MR) is 134 cm³/mol. The monoisotopic (exact) mass is 481 g/mol. The summed E-state index contributed by atoms with van der Waals surface area (Å²) >= 11 is 0. The van der Waals surface area contributed by atoms with Gasteiger partial charge in [0.15, 0.2) is 0 Å². The van der Waals surface area contributed by atoms with E-state index in [0.29, 0.717) is 31.8 Å². The van der Waals surface area contributed by atoms with Crippen molar-refractivity contribution in [3.8, 4) is 5.69 Å². The highest BCUT2D eigenvalue weighted by atomic mass is 16.5. The zero-order valence-corrected chi connectivity index (χ0v) is 19.8. The molecular formula is C28H27N5O3. The second-order valence-electron chi connectivity index (χ2n) is 8.74. The summed E-state index contributed by atoms with van der Waals surface area (Å²) in [6.45, 7) is 1.52. The molecule has 4 aromatic rings. The minimum Gasteiger partial charge on any atom is -0.370 e. The number of benzene rings is 2. The minimum absolute atomic E-state index is 0.00873. The quantitative estimate of drug-likeness (QED) is 0.405. The van der Waals surface area contributed by atoms with E-state index in [4.69, 9.17) is 4.74 Å². The number of aromatic nitrogens is 3. The van der Waals surface area contributed by atoms with E-state index in [9.17, 15) is 9.59 Å². The number of pyridine rings is 1. The van der Waals surface area contributed by atoms with Crippen molar-refractivity contribution in [3.05, 3.63) is 114 Å². The Balaban J connectivity index is 1.34. The number of ether oxygens (including phenoxy) is 1. The standard InChI is InChI=1S/C28H27N5O3/c34-27-20-32(28(35)24-9-11-25(12-10-24)33-15-5-14-30-33)19-26(36-21-22-6-2-1-3-7-22)18-31(27)17-23-8-4-13-29-16-23/h1-16,26H,17-21H2/t26-/m1/s1. The second-order valence-corrected chi connectivity index (χ2v) is 8.74. The fraction of sp³-hybridized carbons (Fsp3) is 0.214. The van der Waals surface area contributed by atoms with E-state index in [0.717, 1.165) is 16.8 Å². The summed E-state index contributed by atoms with van der Waals surface area (Å²) in [5.74, 6) is -0.321. The molecule has 2 aromatic carbocycles. The molecular weight excluding hydrogens is 454 g/mol. The summed E-state index contributed by atoms with van der Waals surface area (Å²) in [5, 5.41) is 4.22. The Morgan fingerprint density at radius 2 is 1.72 bits per heavy atom. The van der Waals surface area contributed by atoms with Crippen molar-refractivity contribution in [1.29, 1.82) is 0 Å². The van der Waals surface area contributed by atoms with Gasteiger partial charge >= 0.3 is 0 Å². The van der Waals surface area contributed by atoms with Crippen LogP contribution in [-0.4, -0.2) is 62.1 Å². The van der Waals surface area contributed by atoms with E-state index in [2.05, 4.69) is 10.1 Å². The lowest BCUT2D eigenvalue weighted by Gasteiger charge is -2.25. The van der Waals surface area contributed by atoms with Gasteiger partial charge in [0.05, 0.1) is 18.4 Å². The van der Waals surface area contributed by atoms with E-state index in [-0.39, 0.29) is 24.5 Å². The highest BCUT2D eigenvalue weighted by molar-refractivity contribution is 5.97. The molecule has 0 radical (unpaired) electrons. The number of hydrogen-bond acceptors (Lipinski definition) is 5. The van der Waals surface area contributed by atoms with Gasteiger partial charge < -0.3 is 14.5 Å². The zero-order chi connectivity index (χ0) is 24.7. The number of carbonyl (C=O) groups excluding carboxylic acids is 2. The van der Waals surface area contributed by atoms with E-state index in [1.54, 1.807) is 45.2 Å². The number of nitrogens with zero attached hydrogens (tertiary/aromatic N) is 5. The lowest BCUT2D eigenvalue weighted by atomic mass is 10.1. The largest absolute Gasteiger partial charge is 0.370 e. The van der Waals surface area contributed by atoms with Gasteiger partial charge in [-0.2, -0.15) is 5.10 Å². The molecule has 0 saturated carbocycles. The summed E-state index contributed by atoms with van der Waals surface area (Å²) in [6.07, 6.45) is 6.67. The molecule has 1 atom stereocenters. The Bertz CT molecular complexity index is 1280. The van der Waals surface area contributed by atoms with Gasteiger partial charge in [-0.1, -0.05) is 36.4 Å². The van der Waals surface area contributed by atoms with Crippen LogP contribution in [0.4, 0.5) is 0 Å². The van der Waals surface area contributed by atoms with E-state index < -0.39 is 0 Å². The summed E-state index contributed by atoms with van der Waals surface area (Å²) in [7, 11) is 0. The number of rotatable bonds is 7. The van der Waals surface area contributed by atoms with Crippen LogP contribution >= 0.6 is 0 Å². The summed E-state index contributed by atoms with van der Waals surface area (Å²) in [4.78, 5) is 34.2. The maximum absolute atomic E-state index is 13.4. The first kappa shape index (κ1) is 23.4. The van der Waals surface area contributed by atoms with Crippen LogP contribution in [0.5, 0.6) is 0 Å². The molecule has 1 saturated heterocycles. The first-order valence-electron chi connectivity index (χ1n) is 11.9. The molecule has 0 bridgehead atoms. The first-order chi connectivity index (χ1) is 17.7. The van der Waals surface area contributed by atoms with E-state index >= 15 is 0 Å². The fourth-order valence-corrected chi connectivity index (χ4v) is 4.25. The van der Waals surface area contributed by atoms with Gasteiger partial charge in [-0.3, -0.25) is 14.6 Å². The normalized spacial score (nSPS) is 16.1. The number of amides is 2. The Morgan fingerprint density at radius 1 is 0.917 bits per heavy atom. The molecule has 2 amide bonds. The molecule has 182 valence electrons. The van der Waals surface area contributed by atoms with E-state index in [1.807, 2.05) is 66.9 Å². The van der Waals surface area contributed by atoms with Crippen molar-refractivity contribution in [3.63, 3.8) is 0 Å².